The second-order valence-corrected chi connectivity index (χ2v) is 4.09. The molecular weight excluding hydrogens is 273 g/mol. The number of carboxylic acids is 1. The molecule has 1 aromatic carbocycles. The first-order chi connectivity index (χ1) is 9.02. The number of aromatic nitrogens is 1. The first-order valence-corrected chi connectivity index (χ1v) is 5.63. The van der Waals surface area contributed by atoms with Crippen molar-refractivity contribution >= 4 is 17.6 Å². The van der Waals surface area contributed by atoms with Crippen LogP contribution in [0.5, 0.6) is 5.88 Å². The third-order valence-corrected chi connectivity index (χ3v) is 2.93. The highest BCUT2D eigenvalue weighted by Gasteiger charge is 2.16. The van der Waals surface area contributed by atoms with Crippen LogP contribution in [0.2, 0.25) is 5.02 Å². The maximum Gasteiger partial charge on any atom is 0.337 e. The van der Waals surface area contributed by atoms with E-state index in [1.165, 1.54) is 13.3 Å². The van der Waals surface area contributed by atoms with E-state index in [-0.39, 0.29) is 16.1 Å². The summed E-state index contributed by atoms with van der Waals surface area (Å²) in [4.78, 5) is 14.9. The lowest BCUT2D eigenvalue weighted by Gasteiger charge is -2.08. The number of carboxylic acid groups (broad SMARTS) is 1. The van der Waals surface area contributed by atoms with Gasteiger partial charge in [-0.2, -0.15) is 0 Å². The molecule has 0 bridgehead atoms. The topological polar surface area (TPSA) is 59.4 Å². The summed E-state index contributed by atoms with van der Waals surface area (Å²) in [5.41, 5.74) is 0.495. The minimum atomic E-state index is -1.28. The SMILES string of the molecule is COc1ccc(-c2cc(F)cc(C(=O)O)c2Cl)cn1. The standard InChI is InChI=1S/C13H9ClFNO3/c1-19-11-3-2-7(6-16-11)9-4-8(15)5-10(12(9)14)13(17)18/h2-6H,1H3,(H,17,18). The van der Waals surface area contributed by atoms with Crippen LogP contribution in [0, 0.1) is 5.82 Å². The quantitative estimate of drug-likeness (QED) is 0.938. The Morgan fingerprint density at radius 3 is 2.68 bits per heavy atom. The zero-order valence-corrected chi connectivity index (χ0v) is 10.6. The van der Waals surface area contributed by atoms with E-state index in [1.54, 1.807) is 12.1 Å². The van der Waals surface area contributed by atoms with Gasteiger partial charge in [0.15, 0.2) is 0 Å². The van der Waals surface area contributed by atoms with E-state index in [9.17, 15) is 9.18 Å². The minimum absolute atomic E-state index is 0.0270. The van der Waals surface area contributed by atoms with Crippen LogP contribution in [0.25, 0.3) is 11.1 Å². The van der Waals surface area contributed by atoms with Crippen LogP contribution in [0.4, 0.5) is 4.39 Å². The fraction of sp³-hybridized carbons (Fsp3) is 0.0769. The van der Waals surface area contributed by atoms with E-state index in [1.807, 2.05) is 0 Å². The Morgan fingerprint density at radius 1 is 1.42 bits per heavy atom. The van der Waals surface area contributed by atoms with Crippen LogP contribution in [0.1, 0.15) is 10.4 Å². The van der Waals surface area contributed by atoms with Gasteiger partial charge >= 0.3 is 5.97 Å². The highest BCUT2D eigenvalue weighted by Crippen LogP contribution is 2.32. The molecule has 19 heavy (non-hydrogen) atoms. The van der Waals surface area contributed by atoms with Gasteiger partial charge in [0.1, 0.15) is 5.82 Å². The van der Waals surface area contributed by atoms with Gasteiger partial charge in [0.25, 0.3) is 0 Å². The number of rotatable bonds is 3. The molecule has 0 aliphatic carbocycles. The third kappa shape index (κ3) is 2.66. The average Bonchev–Trinajstić information content (AvgIpc) is 2.41. The molecule has 0 aliphatic heterocycles. The maximum absolute atomic E-state index is 13.4. The van der Waals surface area contributed by atoms with E-state index < -0.39 is 11.8 Å². The summed E-state index contributed by atoms with van der Waals surface area (Å²) in [7, 11) is 1.47. The predicted octanol–water partition coefficient (Wildman–Crippen LogP) is 3.25. The van der Waals surface area contributed by atoms with Crippen molar-refractivity contribution in [1.82, 2.24) is 4.98 Å². The number of nitrogens with zero attached hydrogens (tertiary/aromatic N) is 1. The lowest BCUT2D eigenvalue weighted by molar-refractivity contribution is 0.0696. The van der Waals surface area contributed by atoms with E-state index in [2.05, 4.69) is 4.98 Å². The molecule has 1 aromatic heterocycles. The lowest BCUT2D eigenvalue weighted by atomic mass is 10.0. The second-order valence-electron chi connectivity index (χ2n) is 3.71. The molecule has 0 saturated heterocycles. The molecule has 4 nitrogen and oxygen atoms in total. The molecule has 0 aliphatic rings. The number of pyridine rings is 1. The van der Waals surface area contributed by atoms with Gasteiger partial charge in [-0.25, -0.2) is 14.2 Å². The first kappa shape index (κ1) is 13.3. The summed E-state index contributed by atoms with van der Waals surface area (Å²) in [6.45, 7) is 0. The van der Waals surface area contributed by atoms with Crippen LogP contribution in [0.15, 0.2) is 30.5 Å². The van der Waals surface area contributed by atoms with Crippen molar-refractivity contribution in [2.45, 2.75) is 0 Å². The van der Waals surface area contributed by atoms with Crippen LogP contribution < -0.4 is 4.74 Å². The summed E-state index contributed by atoms with van der Waals surface area (Å²) in [5, 5.41) is 8.93. The van der Waals surface area contributed by atoms with Gasteiger partial charge in [-0.3, -0.25) is 0 Å². The van der Waals surface area contributed by atoms with Crippen molar-refractivity contribution in [3.8, 4) is 17.0 Å². The number of hydrogen-bond acceptors (Lipinski definition) is 3. The zero-order chi connectivity index (χ0) is 14.0. The molecule has 0 unspecified atom stereocenters. The average molecular weight is 282 g/mol. The number of ether oxygens (including phenoxy) is 1. The number of hydrogen-bond donors (Lipinski definition) is 1. The van der Waals surface area contributed by atoms with Crippen molar-refractivity contribution in [3.63, 3.8) is 0 Å². The fourth-order valence-electron chi connectivity index (χ4n) is 1.62. The van der Waals surface area contributed by atoms with Crippen LogP contribution in [-0.2, 0) is 0 Å². The van der Waals surface area contributed by atoms with Crippen molar-refractivity contribution < 1.29 is 19.0 Å². The van der Waals surface area contributed by atoms with E-state index >= 15 is 0 Å². The smallest absolute Gasteiger partial charge is 0.337 e. The molecule has 0 atom stereocenters. The summed E-state index contributed by atoms with van der Waals surface area (Å²) in [6, 6.07) is 5.25. The largest absolute Gasteiger partial charge is 0.481 e. The molecule has 2 aromatic rings. The molecule has 1 heterocycles. The molecule has 1 N–H and O–H groups in total. The Labute approximate surface area is 113 Å². The Morgan fingerprint density at radius 2 is 2.16 bits per heavy atom. The number of aromatic carboxylic acids is 1. The van der Waals surface area contributed by atoms with Crippen LogP contribution >= 0.6 is 11.6 Å². The van der Waals surface area contributed by atoms with E-state index in [0.29, 0.717) is 11.4 Å². The second kappa shape index (κ2) is 5.24. The molecule has 0 spiro atoms. The molecular formula is C13H9ClFNO3. The third-order valence-electron chi connectivity index (χ3n) is 2.52. The highest BCUT2D eigenvalue weighted by atomic mass is 35.5. The number of benzene rings is 1. The Kier molecular flexibility index (Phi) is 3.66. The number of carbonyl (C=O) groups is 1. The van der Waals surface area contributed by atoms with Gasteiger partial charge in [-0.15, -0.1) is 0 Å². The Bertz CT molecular complexity index is 629. The van der Waals surface area contributed by atoms with Gasteiger partial charge in [-0.1, -0.05) is 11.6 Å². The first-order valence-electron chi connectivity index (χ1n) is 5.25. The molecule has 0 saturated carbocycles. The Balaban J connectivity index is 2.57. The molecule has 0 fully saturated rings. The van der Waals surface area contributed by atoms with Gasteiger partial charge in [0.05, 0.1) is 17.7 Å². The van der Waals surface area contributed by atoms with E-state index in [4.69, 9.17) is 21.4 Å². The number of methoxy groups -OCH3 is 1. The summed E-state index contributed by atoms with van der Waals surface area (Å²) in [6.07, 6.45) is 1.44. The lowest BCUT2D eigenvalue weighted by Crippen LogP contribution is -2.00. The van der Waals surface area contributed by atoms with Gasteiger partial charge < -0.3 is 9.84 Å². The van der Waals surface area contributed by atoms with Crippen LogP contribution in [0.3, 0.4) is 0 Å². The number of halogens is 2. The maximum atomic E-state index is 13.4. The highest BCUT2D eigenvalue weighted by molar-refractivity contribution is 6.36. The summed E-state index contributed by atoms with van der Waals surface area (Å²) in [5.74, 6) is -1.56. The normalized spacial score (nSPS) is 10.3. The van der Waals surface area contributed by atoms with Gasteiger partial charge in [0.2, 0.25) is 5.88 Å². The molecule has 2 rings (SSSR count). The minimum Gasteiger partial charge on any atom is -0.481 e. The van der Waals surface area contributed by atoms with E-state index in [0.717, 1.165) is 12.1 Å². The summed E-state index contributed by atoms with van der Waals surface area (Å²) < 4.78 is 18.3. The van der Waals surface area contributed by atoms with Gasteiger partial charge in [-0.05, 0) is 18.2 Å². The molecule has 98 valence electrons. The predicted molar refractivity (Wildman–Crippen MR) is 68.2 cm³/mol. The molecule has 6 heteroatoms. The molecule has 0 radical (unpaired) electrons. The zero-order valence-electron chi connectivity index (χ0n) is 9.85. The van der Waals surface area contributed by atoms with Gasteiger partial charge in [0, 0.05) is 23.4 Å². The Hall–Kier alpha value is -2.14. The summed E-state index contributed by atoms with van der Waals surface area (Å²) >= 11 is 5.98. The molecule has 0 amide bonds. The van der Waals surface area contributed by atoms with Crippen molar-refractivity contribution in [2.24, 2.45) is 0 Å². The fourth-order valence-corrected chi connectivity index (χ4v) is 1.91. The van der Waals surface area contributed by atoms with Crippen molar-refractivity contribution in [2.75, 3.05) is 7.11 Å². The van der Waals surface area contributed by atoms with Crippen molar-refractivity contribution in [3.05, 3.63) is 46.9 Å². The monoisotopic (exact) mass is 281 g/mol. The van der Waals surface area contributed by atoms with Crippen LogP contribution in [-0.4, -0.2) is 23.2 Å². The van der Waals surface area contributed by atoms with Crippen molar-refractivity contribution in [1.29, 1.82) is 0 Å².